The van der Waals surface area contributed by atoms with Crippen LogP contribution in [-0.4, -0.2) is 45.6 Å². The average Bonchev–Trinajstić information content (AvgIpc) is 1.88. The van der Waals surface area contributed by atoms with Crippen LogP contribution in [0.3, 0.4) is 0 Å². The predicted molar refractivity (Wildman–Crippen MR) is 42.0 cm³/mol. The summed E-state index contributed by atoms with van der Waals surface area (Å²) in [4.78, 5) is 13.8. The van der Waals surface area contributed by atoms with E-state index in [2.05, 4.69) is 4.98 Å². The molecule has 11 heavy (non-hydrogen) atoms. The molecule has 0 saturated heterocycles. The summed E-state index contributed by atoms with van der Waals surface area (Å²) in [7, 11) is 0. The molecule has 0 unspecified atom stereocenters. The van der Waals surface area contributed by atoms with Crippen LogP contribution in [0.2, 0.25) is 5.02 Å². The zero-order valence-corrected chi connectivity index (χ0v) is 8.67. The van der Waals surface area contributed by atoms with E-state index in [1.165, 1.54) is 12.3 Å². The SMILES string of the molecule is O=C(O)c1ncccc1Cl.[Na]. The Morgan fingerprint density at radius 2 is 2.27 bits per heavy atom. The number of carbonyl (C=O) groups is 1. The molecule has 0 atom stereocenters. The Bertz CT molecular complexity index is 267. The van der Waals surface area contributed by atoms with E-state index in [0.717, 1.165) is 0 Å². The molecule has 1 aromatic heterocycles. The zero-order chi connectivity index (χ0) is 7.56. The van der Waals surface area contributed by atoms with Gasteiger partial charge in [0.25, 0.3) is 0 Å². The molecule has 1 heterocycles. The fraction of sp³-hybridized carbons (Fsp3) is 0. The third kappa shape index (κ3) is 2.79. The van der Waals surface area contributed by atoms with E-state index in [0.29, 0.717) is 0 Å². The van der Waals surface area contributed by atoms with Crippen molar-refractivity contribution < 1.29 is 9.90 Å². The molecule has 0 fully saturated rings. The maximum absolute atomic E-state index is 10.3. The molecular formula is C6H4ClNNaO2. The number of hydrogen-bond acceptors (Lipinski definition) is 2. The number of hydrogen-bond donors (Lipinski definition) is 1. The van der Waals surface area contributed by atoms with Crippen LogP contribution in [0, 0.1) is 0 Å². The molecule has 53 valence electrons. The van der Waals surface area contributed by atoms with Crippen LogP contribution in [-0.2, 0) is 0 Å². The quantitative estimate of drug-likeness (QED) is 0.658. The number of aromatic nitrogens is 1. The van der Waals surface area contributed by atoms with Gasteiger partial charge >= 0.3 is 5.97 Å². The van der Waals surface area contributed by atoms with E-state index in [-0.39, 0.29) is 40.3 Å². The second-order valence-corrected chi connectivity index (χ2v) is 2.05. The van der Waals surface area contributed by atoms with Gasteiger partial charge in [0.15, 0.2) is 5.69 Å². The van der Waals surface area contributed by atoms with Crippen molar-refractivity contribution in [3.05, 3.63) is 29.0 Å². The number of rotatable bonds is 1. The molecule has 0 spiro atoms. The van der Waals surface area contributed by atoms with Crippen LogP contribution < -0.4 is 0 Å². The minimum Gasteiger partial charge on any atom is -0.476 e. The van der Waals surface area contributed by atoms with Crippen molar-refractivity contribution in [1.82, 2.24) is 4.98 Å². The van der Waals surface area contributed by atoms with Crippen LogP contribution in [0.25, 0.3) is 0 Å². The van der Waals surface area contributed by atoms with Gasteiger partial charge in [-0.05, 0) is 12.1 Å². The summed E-state index contributed by atoms with van der Waals surface area (Å²) in [5.41, 5.74) is -0.107. The van der Waals surface area contributed by atoms with E-state index < -0.39 is 5.97 Å². The molecule has 0 bridgehead atoms. The van der Waals surface area contributed by atoms with Gasteiger partial charge in [0.2, 0.25) is 0 Å². The number of aromatic carboxylic acids is 1. The van der Waals surface area contributed by atoms with E-state index in [4.69, 9.17) is 16.7 Å². The molecule has 1 aromatic rings. The fourth-order valence-corrected chi connectivity index (χ4v) is 0.745. The first-order valence-corrected chi connectivity index (χ1v) is 2.93. The van der Waals surface area contributed by atoms with Gasteiger partial charge in [-0.3, -0.25) is 0 Å². The Morgan fingerprint density at radius 1 is 1.64 bits per heavy atom. The van der Waals surface area contributed by atoms with Gasteiger partial charge in [-0.25, -0.2) is 9.78 Å². The number of nitrogens with zero attached hydrogens (tertiary/aromatic N) is 1. The number of halogens is 1. The Balaban J connectivity index is 0.000001000. The van der Waals surface area contributed by atoms with Crippen LogP contribution in [0.5, 0.6) is 0 Å². The largest absolute Gasteiger partial charge is 0.476 e. The third-order valence-electron chi connectivity index (χ3n) is 0.961. The number of carboxylic acids is 1. The molecule has 0 saturated carbocycles. The number of carboxylic acid groups (broad SMARTS) is 1. The number of pyridine rings is 1. The molecule has 3 nitrogen and oxygen atoms in total. The summed E-state index contributed by atoms with van der Waals surface area (Å²) in [5.74, 6) is -1.11. The van der Waals surface area contributed by atoms with E-state index >= 15 is 0 Å². The van der Waals surface area contributed by atoms with Crippen molar-refractivity contribution in [2.75, 3.05) is 0 Å². The minimum atomic E-state index is -1.11. The summed E-state index contributed by atoms with van der Waals surface area (Å²) in [6.07, 6.45) is 1.38. The second-order valence-electron chi connectivity index (χ2n) is 1.64. The van der Waals surface area contributed by atoms with Crippen LogP contribution in [0.15, 0.2) is 18.3 Å². The van der Waals surface area contributed by atoms with Gasteiger partial charge < -0.3 is 5.11 Å². The van der Waals surface area contributed by atoms with E-state index in [1.54, 1.807) is 6.07 Å². The second kappa shape index (κ2) is 4.72. The Morgan fingerprint density at radius 3 is 2.64 bits per heavy atom. The Hall–Kier alpha value is -0.0900. The topological polar surface area (TPSA) is 50.2 Å². The first-order chi connectivity index (χ1) is 4.72. The van der Waals surface area contributed by atoms with Crippen molar-refractivity contribution in [2.45, 2.75) is 0 Å². The third-order valence-corrected chi connectivity index (χ3v) is 1.27. The van der Waals surface area contributed by atoms with Gasteiger partial charge in [-0.1, -0.05) is 11.6 Å². The zero-order valence-electron chi connectivity index (χ0n) is 5.91. The van der Waals surface area contributed by atoms with Crippen LogP contribution in [0.1, 0.15) is 10.5 Å². The van der Waals surface area contributed by atoms with Gasteiger partial charge in [-0.2, -0.15) is 0 Å². The molecule has 0 amide bonds. The van der Waals surface area contributed by atoms with Crippen LogP contribution >= 0.6 is 11.6 Å². The summed E-state index contributed by atoms with van der Waals surface area (Å²) < 4.78 is 0. The maximum atomic E-state index is 10.3. The van der Waals surface area contributed by atoms with Crippen molar-refractivity contribution in [2.24, 2.45) is 0 Å². The first-order valence-electron chi connectivity index (χ1n) is 2.55. The van der Waals surface area contributed by atoms with Gasteiger partial charge in [0, 0.05) is 35.8 Å². The monoisotopic (exact) mass is 180 g/mol. The fourth-order valence-electron chi connectivity index (χ4n) is 0.543. The maximum Gasteiger partial charge on any atom is 0.356 e. The van der Waals surface area contributed by atoms with Crippen molar-refractivity contribution in [1.29, 1.82) is 0 Å². The van der Waals surface area contributed by atoms with E-state index in [9.17, 15) is 4.79 Å². The Labute approximate surface area is 90.7 Å². The molecule has 1 rings (SSSR count). The van der Waals surface area contributed by atoms with Crippen molar-refractivity contribution in [3.8, 4) is 0 Å². The van der Waals surface area contributed by atoms with Gasteiger partial charge in [0.1, 0.15) is 0 Å². The Kier molecular flexibility index (Phi) is 4.68. The van der Waals surface area contributed by atoms with Crippen molar-refractivity contribution in [3.63, 3.8) is 0 Å². The molecule has 1 N–H and O–H groups in total. The predicted octanol–water partition coefficient (Wildman–Crippen LogP) is 1.05. The summed E-state index contributed by atoms with van der Waals surface area (Å²) in [5, 5.41) is 8.58. The van der Waals surface area contributed by atoms with Crippen molar-refractivity contribution >= 4 is 47.1 Å². The summed E-state index contributed by atoms with van der Waals surface area (Å²) >= 11 is 5.48. The minimum absolute atomic E-state index is 0. The molecule has 0 aromatic carbocycles. The normalized spacial score (nSPS) is 8.45. The smallest absolute Gasteiger partial charge is 0.356 e. The van der Waals surface area contributed by atoms with Gasteiger partial charge in [-0.15, -0.1) is 0 Å². The summed E-state index contributed by atoms with van der Waals surface area (Å²) in [6.45, 7) is 0. The van der Waals surface area contributed by atoms with Crippen LogP contribution in [0.4, 0.5) is 0 Å². The molecular weight excluding hydrogens is 177 g/mol. The average molecular weight is 181 g/mol. The first kappa shape index (κ1) is 10.9. The molecule has 5 heteroatoms. The summed E-state index contributed by atoms with van der Waals surface area (Å²) in [6, 6.07) is 3.06. The molecule has 0 aliphatic carbocycles. The van der Waals surface area contributed by atoms with E-state index in [1.807, 2.05) is 0 Å². The molecule has 0 aliphatic heterocycles. The molecule has 1 radical (unpaired) electrons. The standard InChI is InChI=1S/C6H4ClNO2.Na/c7-4-2-1-3-8-5(4)6(9)10;/h1-3H,(H,9,10);. The molecule has 0 aliphatic rings. The van der Waals surface area contributed by atoms with Gasteiger partial charge in [0.05, 0.1) is 5.02 Å².